The van der Waals surface area contributed by atoms with Crippen molar-refractivity contribution in [2.75, 3.05) is 19.7 Å². The maximum absolute atomic E-state index is 12.6. The molecule has 0 radical (unpaired) electrons. The zero-order valence-electron chi connectivity index (χ0n) is 10.5. The van der Waals surface area contributed by atoms with E-state index in [9.17, 15) is 9.18 Å². The lowest BCUT2D eigenvalue weighted by Crippen LogP contribution is -2.36. The van der Waals surface area contributed by atoms with Crippen molar-refractivity contribution in [3.8, 4) is 5.75 Å². The summed E-state index contributed by atoms with van der Waals surface area (Å²) < 4.78 is 18.0. The summed E-state index contributed by atoms with van der Waals surface area (Å²) in [6, 6.07) is 6.00. The fraction of sp³-hybridized carbons (Fsp3) is 0.462. The largest absolute Gasteiger partial charge is 0.493 e. The molecule has 0 aromatic heterocycles. The van der Waals surface area contributed by atoms with Crippen LogP contribution in [0.2, 0.25) is 0 Å². The third-order valence-electron chi connectivity index (χ3n) is 2.84. The van der Waals surface area contributed by atoms with Gasteiger partial charge in [-0.1, -0.05) is 0 Å². The molecule has 0 saturated carbocycles. The van der Waals surface area contributed by atoms with E-state index in [0.29, 0.717) is 18.8 Å². The molecule has 1 aromatic rings. The first-order chi connectivity index (χ1) is 8.74. The number of hydrogen-bond donors (Lipinski definition) is 2. The summed E-state index contributed by atoms with van der Waals surface area (Å²) in [6.45, 7) is 2.10. The second kappa shape index (κ2) is 7.96. The van der Waals surface area contributed by atoms with Gasteiger partial charge in [0.25, 0.3) is 0 Å². The van der Waals surface area contributed by atoms with Crippen molar-refractivity contribution in [2.45, 2.75) is 18.9 Å². The van der Waals surface area contributed by atoms with Gasteiger partial charge in [-0.25, -0.2) is 4.39 Å². The summed E-state index contributed by atoms with van der Waals surface area (Å²) >= 11 is 0. The molecule has 106 valence electrons. The van der Waals surface area contributed by atoms with Gasteiger partial charge < -0.3 is 15.4 Å². The molecule has 1 heterocycles. The number of carbonyl (C=O) groups is 1. The van der Waals surface area contributed by atoms with Crippen LogP contribution in [0.3, 0.4) is 0 Å². The molecule has 1 aliphatic rings. The molecule has 2 rings (SSSR count). The molecule has 1 fully saturated rings. The molecule has 0 aliphatic carbocycles. The van der Waals surface area contributed by atoms with Gasteiger partial charge in [0.1, 0.15) is 11.6 Å². The quantitative estimate of drug-likeness (QED) is 0.863. The van der Waals surface area contributed by atoms with Crippen molar-refractivity contribution in [3.63, 3.8) is 0 Å². The van der Waals surface area contributed by atoms with Crippen LogP contribution in [0.25, 0.3) is 0 Å². The van der Waals surface area contributed by atoms with E-state index in [2.05, 4.69) is 10.6 Å². The van der Waals surface area contributed by atoms with Crippen LogP contribution in [0, 0.1) is 5.82 Å². The predicted molar refractivity (Wildman–Crippen MR) is 73.2 cm³/mol. The molecule has 6 heteroatoms. The van der Waals surface area contributed by atoms with Crippen molar-refractivity contribution in [1.82, 2.24) is 10.6 Å². The number of rotatable bonds is 5. The molecule has 1 amide bonds. The summed E-state index contributed by atoms with van der Waals surface area (Å²) in [5.74, 6) is 0.270. The molecule has 1 aromatic carbocycles. The number of nitrogens with one attached hydrogen (secondary N) is 2. The van der Waals surface area contributed by atoms with Gasteiger partial charge in [-0.15, -0.1) is 12.4 Å². The number of hydrogen-bond acceptors (Lipinski definition) is 3. The van der Waals surface area contributed by atoms with E-state index in [0.717, 1.165) is 19.5 Å². The Hall–Kier alpha value is -1.33. The first-order valence-corrected chi connectivity index (χ1v) is 6.12. The number of benzene rings is 1. The van der Waals surface area contributed by atoms with E-state index < -0.39 is 0 Å². The molecule has 1 atom stereocenters. The smallest absolute Gasteiger partial charge is 0.223 e. The number of amides is 1. The lowest BCUT2D eigenvalue weighted by molar-refractivity contribution is -0.122. The van der Waals surface area contributed by atoms with Crippen LogP contribution in [-0.4, -0.2) is 31.6 Å². The Kier molecular flexibility index (Phi) is 6.59. The fourth-order valence-corrected chi connectivity index (χ4v) is 1.87. The zero-order valence-corrected chi connectivity index (χ0v) is 11.3. The van der Waals surface area contributed by atoms with Crippen LogP contribution in [0.1, 0.15) is 12.8 Å². The summed E-state index contributed by atoms with van der Waals surface area (Å²) in [4.78, 5) is 11.6. The highest BCUT2D eigenvalue weighted by atomic mass is 35.5. The monoisotopic (exact) mass is 288 g/mol. The van der Waals surface area contributed by atoms with Crippen LogP contribution >= 0.6 is 12.4 Å². The molecular weight excluding hydrogens is 271 g/mol. The third kappa shape index (κ3) is 5.44. The highest BCUT2D eigenvalue weighted by Gasteiger charge is 2.16. The normalized spacial score (nSPS) is 17.6. The van der Waals surface area contributed by atoms with E-state index in [4.69, 9.17) is 4.74 Å². The van der Waals surface area contributed by atoms with E-state index in [1.54, 1.807) is 12.1 Å². The van der Waals surface area contributed by atoms with Gasteiger partial charge in [0.05, 0.1) is 13.0 Å². The molecule has 0 bridgehead atoms. The van der Waals surface area contributed by atoms with Gasteiger partial charge in [-0.2, -0.15) is 0 Å². The van der Waals surface area contributed by atoms with Gasteiger partial charge >= 0.3 is 0 Å². The number of carbonyl (C=O) groups excluding carboxylic acids is 1. The lowest BCUT2D eigenvalue weighted by Gasteiger charge is -2.11. The zero-order chi connectivity index (χ0) is 12.8. The predicted octanol–water partition coefficient (Wildman–Crippen LogP) is 1.49. The Morgan fingerprint density at radius 3 is 2.79 bits per heavy atom. The highest BCUT2D eigenvalue weighted by Crippen LogP contribution is 2.11. The maximum Gasteiger partial charge on any atom is 0.223 e. The van der Waals surface area contributed by atoms with Gasteiger partial charge in [0.2, 0.25) is 5.91 Å². The van der Waals surface area contributed by atoms with Crippen molar-refractivity contribution in [3.05, 3.63) is 30.1 Å². The Morgan fingerprint density at radius 1 is 1.42 bits per heavy atom. The number of halogens is 2. The Morgan fingerprint density at radius 2 is 2.16 bits per heavy atom. The van der Waals surface area contributed by atoms with Crippen molar-refractivity contribution < 1.29 is 13.9 Å². The van der Waals surface area contributed by atoms with Crippen molar-refractivity contribution >= 4 is 18.3 Å². The summed E-state index contributed by atoms with van der Waals surface area (Å²) in [5.41, 5.74) is 0. The van der Waals surface area contributed by atoms with E-state index in [1.165, 1.54) is 12.1 Å². The number of ether oxygens (including phenoxy) is 1. The van der Waals surface area contributed by atoms with Gasteiger partial charge in [-0.05, 0) is 37.2 Å². The molecule has 0 spiro atoms. The van der Waals surface area contributed by atoms with Crippen LogP contribution in [-0.2, 0) is 4.79 Å². The Balaban J connectivity index is 0.00000180. The summed E-state index contributed by atoms with van der Waals surface area (Å²) in [6.07, 6.45) is 1.29. The molecule has 1 unspecified atom stereocenters. The van der Waals surface area contributed by atoms with Gasteiger partial charge in [-0.3, -0.25) is 4.79 Å². The Bertz CT molecular complexity index is 394. The van der Waals surface area contributed by atoms with Gasteiger partial charge in [0.15, 0.2) is 0 Å². The lowest BCUT2D eigenvalue weighted by atomic mass is 10.2. The second-order valence-corrected chi connectivity index (χ2v) is 4.31. The van der Waals surface area contributed by atoms with Crippen LogP contribution in [0.15, 0.2) is 24.3 Å². The van der Waals surface area contributed by atoms with Crippen molar-refractivity contribution in [1.29, 1.82) is 0 Å². The highest BCUT2D eigenvalue weighted by molar-refractivity contribution is 5.85. The molecule has 19 heavy (non-hydrogen) atoms. The van der Waals surface area contributed by atoms with E-state index >= 15 is 0 Å². The minimum Gasteiger partial charge on any atom is -0.493 e. The minimum atomic E-state index is -0.297. The van der Waals surface area contributed by atoms with Crippen LogP contribution in [0.4, 0.5) is 4.39 Å². The molecule has 1 saturated heterocycles. The first-order valence-electron chi connectivity index (χ1n) is 6.12. The van der Waals surface area contributed by atoms with Crippen LogP contribution < -0.4 is 15.4 Å². The minimum absolute atomic E-state index is 0. The standard InChI is InChI=1S/C13H17FN2O2.ClH/c14-10-1-3-12(4-2-10)18-8-6-13(17)16-11-5-7-15-9-11;/h1-4,11,15H,5-9H2,(H,16,17);1H. The SMILES string of the molecule is Cl.O=C(CCOc1ccc(F)cc1)NC1CCNC1. The molecule has 4 nitrogen and oxygen atoms in total. The third-order valence-corrected chi connectivity index (χ3v) is 2.84. The summed E-state index contributed by atoms with van der Waals surface area (Å²) in [5, 5.41) is 6.12. The average Bonchev–Trinajstić information content (AvgIpc) is 2.84. The van der Waals surface area contributed by atoms with Gasteiger partial charge in [0, 0.05) is 12.6 Å². The van der Waals surface area contributed by atoms with Crippen molar-refractivity contribution in [2.24, 2.45) is 0 Å². The Labute approximate surface area is 118 Å². The van der Waals surface area contributed by atoms with E-state index in [-0.39, 0.29) is 30.2 Å². The molecular formula is C13H18ClFN2O2. The summed E-state index contributed by atoms with van der Waals surface area (Å²) in [7, 11) is 0. The first kappa shape index (κ1) is 15.7. The molecule has 1 aliphatic heterocycles. The van der Waals surface area contributed by atoms with Crippen LogP contribution in [0.5, 0.6) is 5.75 Å². The second-order valence-electron chi connectivity index (χ2n) is 4.31. The topological polar surface area (TPSA) is 50.4 Å². The molecule has 2 N–H and O–H groups in total. The average molecular weight is 289 g/mol. The fourth-order valence-electron chi connectivity index (χ4n) is 1.87. The maximum atomic E-state index is 12.6. The van der Waals surface area contributed by atoms with E-state index in [1.807, 2.05) is 0 Å².